The number of benzene rings is 1. The molecule has 8 nitrogen and oxygen atoms in total. The molecule has 1 aromatic carbocycles. The van der Waals surface area contributed by atoms with Gasteiger partial charge in [-0.05, 0) is 26.0 Å². The van der Waals surface area contributed by atoms with Crippen LogP contribution >= 0.6 is 0 Å². The molecule has 4 amide bonds. The number of para-hydroxylation sites is 1. The van der Waals surface area contributed by atoms with E-state index in [0.717, 1.165) is 4.90 Å². The van der Waals surface area contributed by atoms with Crippen LogP contribution in [0.1, 0.15) is 13.8 Å². The third kappa shape index (κ3) is 4.77. The molecule has 0 saturated heterocycles. The molecule has 0 aliphatic rings. The van der Waals surface area contributed by atoms with Crippen LogP contribution in [0.4, 0.5) is 15.3 Å². The summed E-state index contributed by atoms with van der Waals surface area (Å²) in [4.78, 5) is 37.9. The largest absolute Gasteiger partial charge is 0.362 e. The molecule has 24 heavy (non-hydrogen) atoms. The predicted octanol–water partition coefficient (Wildman–Crippen LogP) is 1.72. The molecule has 131 valence electrons. The van der Waals surface area contributed by atoms with E-state index in [4.69, 9.17) is 9.47 Å². The molecule has 0 aliphatic carbocycles. The number of anilines is 1. The summed E-state index contributed by atoms with van der Waals surface area (Å²) in [6.45, 7) is 3.00. The molecule has 2 unspecified atom stereocenters. The van der Waals surface area contributed by atoms with Gasteiger partial charge in [0.1, 0.15) is 12.5 Å². The zero-order valence-corrected chi connectivity index (χ0v) is 14.2. The number of urea groups is 2. The van der Waals surface area contributed by atoms with Gasteiger partial charge in [0, 0.05) is 14.2 Å². The van der Waals surface area contributed by atoms with Gasteiger partial charge in [0.05, 0.1) is 12.2 Å². The number of amides is 4. The molecule has 0 aromatic heterocycles. The molecule has 1 rings (SSSR count). The van der Waals surface area contributed by atoms with E-state index in [1.807, 2.05) is 0 Å². The van der Waals surface area contributed by atoms with Crippen LogP contribution in [0.25, 0.3) is 0 Å². The second-order valence-electron chi connectivity index (χ2n) is 4.83. The Morgan fingerprint density at radius 1 is 1.12 bits per heavy atom. The zero-order valence-electron chi connectivity index (χ0n) is 14.2. The summed E-state index contributed by atoms with van der Waals surface area (Å²) < 4.78 is 10.4. The number of imide groups is 1. The Labute approximate surface area is 141 Å². The molecule has 0 spiro atoms. The molecular weight excluding hydrogens is 314 g/mol. The van der Waals surface area contributed by atoms with Crippen molar-refractivity contribution in [3.8, 4) is 0 Å². The van der Waals surface area contributed by atoms with Crippen molar-refractivity contribution in [3.05, 3.63) is 30.3 Å². The van der Waals surface area contributed by atoms with Crippen LogP contribution in [-0.2, 0) is 14.3 Å². The van der Waals surface area contributed by atoms with E-state index in [1.165, 1.54) is 19.1 Å². The molecule has 0 fully saturated rings. The van der Waals surface area contributed by atoms with Gasteiger partial charge in [0.25, 0.3) is 0 Å². The number of ether oxygens (including phenoxy) is 2. The monoisotopic (exact) mass is 336 g/mol. The maximum atomic E-state index is 13.0. The van der Waals surface area contributed by atoms with Crippen LogP contribution < -0.4 is 10.2 Å². The van der Waals surface area contributed by atoms with Crippen LogP contribution in [0.3, 0.4) is 0 Å². The van der Waals surface area contributed by atoms with Crippen LogP contribution in [0.15, 0.2) is 30.3 Å². The van der Waals surface area contributed by atoms with Gasteiger partial charge >= 0.3 is 12.1 Å². The molecule has 1 aromatic rings. The second kappa shape index (κ2) is 9.64. The van der Waals surface area contributed by atoms with E-state index in [2.05, 4.69) is 5.32 Å². The van der Waals surface area contributed by atoms with Gasteiger partial charge in [0.15, 0.2) is 0 Å². The van der Waals surface area contributed by atoms with Crippen molar-refractivity contribution in [2.75, 3.05) is 25.7 Å². The Balaban J connectivity index is 3.22. The smallest absolute Gasteiger partial charge is 0.336 e. The minimum Gasteiger partial charge on any atom is -0.362 e. The number of hydrogen-bond donors (Lipinski definition) is 1. The fraction of sp³-hybridized carbons (Fsp3) is 0.438. The molecule has 1 N–H and O–H groups in total. The number of nitrogens with one attached hydrogen (secondary N) is 1. The summed E-state index contributed by atoms with van der Waals surface area (Å²) in [6.07, 6.45) is 0.288. The Kier molecular flexibility index (Phi) is 7.87. The standard InChI is InChI=1S/C16H22N3O5/c1-12(23-3)18(13(2)24-4)16(22)19(15(21)17-10-11-20)14-8-6-5-7-9-14/h5-9,12-13H,10H2,1-4H3,(H,17,21). The van der Waals surface area contributed by atoms with Gasteiger partial charge in [-0.1, -0.05) is 18.2 Å². The Hall–Kier alpha value is -2.45. The van der Waals surface area contributed by atoms with E-state index in [-0.39, 0.29) is 6.54 Å². The molecule has 1 radical (unpaired) electrons. The first-order valence-electron chi connectivity index (χ1n) is 7.33. The van der Waals surface area contributed by atoms with E-state index < -0.39 is 24.5 Å². The third-order valence-electron chi connectivity index (χ3n) is 3.41. The van der Waals surface area contributed by atoms with Crippen molar-refractivity contribution in [1.29, 1.82) is 0 Å². The van der Waals surface area contributed by atoms with Crippen molar-refractivity contribution < 1.29 is 23.9 Å². The summed E-state index contributed by atoms with van der Waals surface area (Å²) in [5.41, 5.74) is 0.350. The average molecular weight is 336 g/mol. The minimum absolute atomic E-state index is 0.324. The summed E-state index contributed by atoms with van der Waals surface area (Å²) in [7, 11) is 2.89. The van der Waals surface area contributed by atoms with E-state index in [1.54, 1.807) is 50.5 Å². The highest BCUT2D eigenvalue weighted by Gasteiger charge is 2.34. The van der Waals surface area contributed by atoms with Gasteiger partial charge in [-0.2, -0.15) is 0 Å². The quantitative estimate of drug-likeness (QED) is 0.766. The lowest BCUT2D eigenvalue weighted by Gasteiger charge is -2.36. The number of nitrogens with zero attached hydrogens (tertiary/aromatic N) is 2. The van der Waals surface area contributed by atoms with Gasteiger partial charge in [-0.3, -0.25) is 9.69 Å². The predicted molar refractivity (Wildman–Crippen MR) is 88.2 cm³/mol. The van der Waals surface area contributed by atoms with Crippen molar-refractivity contribution in [3.63, 3.8) is 0 Å². The van der Waals surface area contributed by atoms with Gasteiger partial charge < -0.3 is 14.8 Å². The van der Waals surface area contributed by atoms with Crippen LogP contribution in [0.2, 0.25) is 0 Å². The second-order valence-corrected chi connectivity index (χ2v) is 4.83. The summed E-state index contributed by atoms with van der Waals surface area (Å²) in [5, 5.41) is 2.31. The van der Waals surface area contributed by atoms with E-state index in [9.17, 15) is 14.4 Å². The van der Waals surface area contributed by atoms with Gasteiger partial charge in [-0.25, -0.2) is 14.5 Å². The van der Waals surface area contributed by atoms with E-state index >= 15 is 0 Å². The summed E-state index contributed by atoms with van der Waals surface area (Å²) in [5.74, 6) is 0. The number of carbonyl (C=O) groups excluding carboxylic acids is 3. The highest BCUT2D eigenvalue weighted by atomic mass is 16.5. The SMILES string of the molecule is COC(C)N(C(=O)N(C(=O)NC[C]=O)c1ccccc1)C(C)OC. The number of rotatable bonds is 7. The topological polar surface area (TPSA) is 88.2 Å². The highest BCUT2D eigenvalue weighted by Crippen LogP contribution is 2.19. The van der Waals surface area contributed by atoms with Crippen LogP contribution in [0, 0.1) is 0 Å². The maximum Gasteiger partial charge on any atom is 0.336 e. The Bertz CT molecular complexity index is 542. The number of carbonyl (C=O) groups is 2. The van der Waals surface area contributed by atoms with Gasteiger partial charge in [-0.15, -0.1) is 0 Å². The average Bonchev–Trinajstić information content (AvgIpc) is 2.60. The first kappa shape index (κ1) is 19.6. The first-order valence-corrected chi connectivity index (χ1v) is 7.33. The molecular formula is C16H22N3O5. The van der Waals surface area contributed by atoms with Crippen molar-refractivity contribution in [2.24, 2.45) is 0 Å². The first-order chi connectivity index (χ1) is 11.5. The zero-order chi connectivity index (χ0) is 18.1. The fourth-order valence-corrected chi connectivity index (χ4v) is 2.03. The Morgan fingerprint density at radius 3 is 2.12 bits per heavy atom. The molecule has 2 atom stereocenters. The highest BCUT2D eigenvalue weighted by molar-refractivity contribution is 6.13. The summed E-state index contributed by atoms with van der Waals surface area (Å²) >= 11 is 0. The lowest BCUT2D eigenvalue weighted by molar-refractivity contribution is -0.0856. The van der Waals surface area contributed by atoms with E-state index in [0.29, 0.717) is 5.69 Å². The lowest BCUT2D eigenvalue weighted by atomic mass is 10.3. The normalized spacial score (nSPS) is 12.8. The van der Waals surface area contributed by atoms with Crippen molar-refractivity contribution >= 4 is 24.0 Å². The molecule has 8 heteroatoms. The molecule has 0 heterocycles. The molecule has 0 bridgehead atoms. The Morgan fingerprint density at radius 2 is 1.67 bits per heavy atom. The molecule has 0 aliphatic heterocycles. The third-order valence-corrected chi connectivity index (χ3v) is 3.41. The number of hydrogen-bond acceptors (Lipinski definition) is 5. The van der Waals surface area contributed by atoms with Crippen molar-refractivity contribution in [2.45, 2.75) is 26.3 Å². The summed E-state index contributed by atoms with van der Waals surface area (Å²) in [6, 6.07) is 6.97. The maximum absolute atomic E-state index is 13.0. The minimum atomic E-state index is -0.744. The van der Waals surface area contributed by atoms with Crippen molar-refractivity contribution in [1.82, 2.24) is 10.2 Å². The van der Waals surface area contributed by atoms with Crippen LogP contribution in [0.5, 0.6) is 0 Å². The van der Waals surface area contributed by atoms with Crippen LogP contribution in [-0.4, -0.2) is 56.5 Å². The molecule has 0 saturated carbocycles. The number of methoxy groups -OCH3 is 2. The van der Waals surface area contributed by atoms with Gasteiger partial charge in [0.2, 0.25) is 6.29 Å². The lowest BCUT2D eigenvalue weighted by Crippen LogP contribution is -2.56. The fourth-order valence-electron chi connectivity index (χ4n) is 2.03.